The highest BCUT2D eigenvalue weighted by atomic mass is 19.3. The fourth-order valence-electron chi connectivity index (χ4n) is 2.92. The van der Waals surface area contributed by atoms with Gasteiger partial charge in [0.2, 0.25) is 0 Å². The second-order valence-corrected chi connectivity index (χ2v) is 5.52. The largest absolute Gasteiger partial charge is 0.358 e. The normalized spacial score (nSPS) is 17.1. The van der Waals surface area contributed by atoms with Gasteiger partial charge in [0, 0.05) is 35.0 Å². The Bertz CT molecular complexity index is 835. The summed E-state index contributed by atoms with van der Waals surface area (Å²) in [4.78, 5) is 7.41. The summed E-state index contributed by atoms with van der Waals surface area (Å²) < 4.78 is 32.5. The zero-order valence-electron chi connectivity index (χ0n) is 11.4. The first-order valence-corrected chi connectivity index (χ1v) is 6.84. The predicted octanol–water partition coefficient (Wildman–Crippen LogP) is 3.65. The van der Waals surface area contributed by atoms with Gasteiger partial charge in [-0.2, -0.15) is 4.98 Å². The number of nitrogens with one attached hydrogen (secondary N) is 1. The molecule has 0 bridgehead atoms. The third-order valence-corrected chi connectivity index (χ3v) is 3.95. The topological polar surface area (TPSA) is 54.7 Å². The Labute approximate surface area is 119 Å². The van der Waals surface area contributed by atoms with Crippen molar-refractivity contribution in [3.05, 3.63) is 35.3 Å². The summed E-state index contributed by atoms with van der Waals surface area (Å²) in [5.41, 5.74) is 3.24. The molecule has 21 heavy (non-hydrogen) atoms. The highest BCUT2D eigenvalue weighted by molar-refractivity contribution is 5.88. The lowest BCUT2D eigenvalue weighted by Gasteiger charge is -2.21. The van der Waals surface area contributed by atoms with Crippen LogP contribution < -0.4 is 0 Å². The van der Waals surface area contributed by atoms with Crippen molar-refractivity contribution in [2.45, 2.75) is 32.1 Å². The summed E-state index contributed by atoms with van der Waals surface area (Å²) in [7, 11) is 0. The second-order valence-electron chi connectivity index (χ2n) is 5.52. The van der Waals surface area contributed by atoms with Crippen molar-refractivity contribution in [1.29, 1.82) is 0 Å². The zero-order valence-corrected chi connectivity index (χ0v) is 11.4. The number of benzene rings is 1. The summed E-state index contributed by atoms with van der Waals surface area (Å²) in [5, 5.41) is 4.57. The SMILES string of the molecule is Cc1noc(-c2ccc3[nH]c4c(c3c2)CC(F)(F)CC4)n1. The average Bonchev–Trinajstić information content (AvgIpc) is 3.01. The molecule has 1 N–H and O–H groups in total. The number of alkyl halides is 2. The summed E-state index contributed by atoms with van der Waals surface area (Å²) in [5.74, 6) is -1.67. The molecule has 2 heterocycles. The molecule has 0 spiro atoms. The number of H-pyrrole nitrogens is 1. The Morgan fingerprint density at radius 2 is 2.19 bits per heavy atom. The van der Waals surface area contributed by atoms with Crippen LogP contribution in [-0.2, 0) is 12.8 Å². The second kappa shape index (κ2) is 4.13. The molecule has 0 aliphatic heterocycles. The number of rotatable bonds is 1. The van der Waals surface area contributed by atoms with E-state index in [2.05, 4.69) is 15.1 Å². The standard InChI is InChI=1S/C15H13F2N3O/c1-8-18-14(21-20-8)9-2-3-12-10(6-9)11-7-15(16,17)5-4-13(11)19-12/h2-3,6,19H,4-5,7H2,1H3. The number of nitrogens with zero attached hydrogens (tertiary/aromatic N) is 2. The van der Waals surface area contributed by atoms with Crippen molar-refractivity contribution in [2.75, 3.05) is 0 Å². The zero-order chi connectivity index (χ0) is 14.6. The summed E-state index contributed by atoms with van der Waals surface area (Å²) >= 11 is 0. The minimum absolute atomic E-state index is 0.0947. The molecule has 0 atom stereocenters. The lowest BCUT2D eigenvalue weighted by Crippen LogP contribution is -2.25. The van der Waals surface area contributed by atoms with Gasteiger partial charge in [-0.25, -0.2) is 8.78 Å². The van der Waals surface area contributed by atoms with E-state index in [-0.39, 0.29) is 12.8 Å². The van der Waals surface area contributed by atoms with Gasteiger partial charge >= 0.3 is 0 Å². The molecule has 3 aromatic rings. The molecule has 2 aromatic heterocycles. The van der Waals surface area contributed by atoms with Crippen LogP contribution in [0, 0.1) is 6.92 Å². The smallest absolute Gasteiger partial charge is 0.257 e. The first-order valence-electron chi connectivity index (χ1n) is 6.84. The quantitative estimate of drug-likeness (QED) is 0.744. The van der Waals surface area contributed by atoms with Crippen LogP contribution >= 0.6 is 0 Å². The van der Waals surface area contributed by atoms with Crippen LogP contribution in [0.25, 0.3) is 22.4 Å². The Kier molecular flexibility index (Phi) is 2.46. The Hall–Kier alpha value is -2.24. The first-order chi connectivity index (χ1) is 10.0. The fourth-order valence-corrected chi connectivity index (χ4v) is 2.92. The van der Waals surface area contributed by atoms with Gasteiger partial charge in [0.05, 0.1) is 0 Å². The molecule has 4 nitrogen and oxygen atoms in total. The maximum atomic E-state index is 13.7. The van der Waals surface area contributed by atoms with Crippen molar-refractivity contribution in [3.8, 4) is 11.5 Å². The molecule has 0 fully saturated rings. The maximum Gasteiger partial charge on any atom is 0.257 e. The van der Waals surface area contributed by atoms with Gasteiger partial charge < -0.3 is 9.51 Å². The van der Waals surface area contributed by atoms with Crippen molar-refractivity contribution in [2.24, 2.45) is 0 Å². The summed E-state index contributed by atoms with van der Waals surface area (Å²) in [6, 6.07) is 5.58. The van der Waals surface area contributed by atoms with E-state index in [1.807, 2.05) is 18.2 Å². The lowest BCUT2D eigenvalue weighted by atomic mass is 9.92. The van der Waals surface area contributed by atoms with Gasteiger partial charge in [-0.15, -0.1) is 0 Å². The van der Waals surface area contributed by atoms with Gasteiger partial charge in [-0.1, -0.05) is 5.16 Å². The average molecular weight is 289 g/mol. The van der Waals surface area contributed by atoms with E-state index in [4.69, 9.17) is 4.52 Å². The molecule has 1 aliphatic rings. The number of hydrogen-bond donors (Lipinski definition) is 1. The number of aromatic amines is 1. The summed E-state index contributed by atoms with van der Waals surface area (Å²) in [6.07, 6.45) is 0.0726. The highest BCUT2D eigenvalue weighted by Crippen LogP contribution is 2.37. The van der Waals surface area contributed by atoms with E-state index in [1.54, 1.807) is 6.92 Å². The molecule has 4 rings (SSSR count). The highest BCUT2D eigenvalue weighted by Gasteiger charge is 2.35. The Balaban J connectivity index is 1.87. The van der Waals surface area contributed by atoms with Crippen LogP contribution in [0.1, 0.15) is 23.5 Å². The number of aryl methyl sites for hydroxylation is 2. The molecule has 1 aromatic carbocycles. The monoisotopic (exact) mass is 289 g/mol. The minimum Gasteiger partial charge on any atom is -0.358 e. The molecule has 0 radical (unpaired) electrons. The van der Waals surface area contributed by atoms with Crippen molar-refractivity contribution in [1.82, 2.24) is 15.1 Å². The predicted molar refractivity (Wildman–Crippen MR) is 73.3 cm³/mol. The number of aromatic nitrogens is 3. The fraction of sp³-hybridized carbons (Fsp3) is 0.333. The number of fused-ring (bicyclic) bond motifs is 3. The van der Waals surface area contributed by atoms with Crippen molar-refractivity contribution >= 4 is 10.9 Å². The van der Waals surface area contributed by atoms with Crippen LogP contribution in [0.5, 0.6) is 0 Å². The molecular weight excluding hydrogens is 276 g/mol. The molecular formula is C15H13F2N3O. The molecule has 1 aliphatic carbocycles. The van der Waals surface area contributed by atoms with Gasteiger partial charge in [0.15, 0.2) is 5.82 Å². The van der Waals surface area contributed by atoms with E-state index >= 15 is 0 Å². The van der Waals surface area contributed by atoms with Crippen molar-refractivity contribution < 1.29 is 13.3 Å². The van der Waals surface area contributed by atoms with Crippen LogP contribution in [-0.4, -0.2) is 21.0 Å². The number of halogens is 2. The van der Waals surface area contributed by atoms with E-state index < -0.39 is 5.92 Å². The van der Waals surface area contributed by atoms with Crippen LogP contribution in [0.3, 0.4) is 0 Å². The first kappa shape index (κ1) is 12.5. The van der Waals surface area contributed by atoms with E-state index in [0.717, 1.165) is 22.2 Å². The Morgan fingerprint density at radius 1 is 1.33 bits per heavy atom. The number of hydrogen-bond acceptors (Lipinski definition) is 3. The molecule has 0 saturated heterocycles. The van der Waals surface area contributed by atoms with Gasteiger partial charge in [0.1, 0.15) is 0 Å². The molecule has 0 amide bonds. The third-order valence-electron chi connectivity index (χ3n) is 3.95. The molecule has 0 unspecified atom stereocenters. The van der Waals surface area contributed by atoms with Crippen LogP contribution in [0.2, 0.25) is 0 Å². The molecule has 6 heteroatoms. The Morgan fingerprint density at radius 3 is 2.95 bits per heavy atom. The maximum absolute atomic E-state index is 13.7. The summed E-state index contributed by atoms with van der Waals surface area (Å²) in [6.45, 7) is 1.74. The van der Waals surface area contributed by atoms with Crippen molar-refractivity contribution in [3.63, 3.8) is 0 Å². The van der Waals surface area contributed by atoms with E-state index in [1.165, 1.54) is 0 Å². The third kappa shape index (κ3) is 2.02. The lowest BCUT2D eigenvalue weighted by molar-refractivity contribution is -0.0121. The van der Waals surface area contributed by atoms with Gasteiger partial charge in [-0.05, 0) is 37.1 Å². The van der Waals surface area contributed by atoms with Crippen LogP contribution in [0.4, 0.5) is 8.78 Å². The van der Waals surface area contributed by atoms with E-state index in [9.17, 15) is 8.78 Å². The van der Waals surface area contributed by atoms with Crippen LogP contribution in [0.15, 0.2) is 22.7 Å². The minimum atomic E-state index is -2.63. The van der Waals surface area contributed by atoms with Gasteiger partial charge in [0.25, 0.3) is 11.8 Å². The van der Waals surface area contributed by atoms with E-state index in [0.29, 0.717) is 23.7 Å². The molecule has 0 saturated carbocycles. The van der Waals surface area contributed by atoms with Gasteiger partial charge in [-0.3, -0.25) is 0 Å². The molecule has 108 valence electrons.